The Bertz CT molecular complexity index is 791. The minimum atomic E-state index is -0.381. The summed E-state index contributed by atoms with van der Waals surface area (Å²) in [5.74, 6) is 0.622. The highest BCUT2D eigenvalue weighted by Crippen LogP contribution is 2.27. The van der Waals surface area contributed by atoms with Crippen molar-refractivity contribution in [3.8, 4) is 11.5 Å². The molecule has 0 radical (unpaired) electrons. The van der Waals surface area contributed by atoms with E-state index in [1.165, 1.54) is 14.2 Å². The lowest BCUT2D eigenvalue weighted by Crippen LogP contribution is -2.19. The highest BCUT2D eigenvalue weighted by Gasteiger charge is 2.11. The number of amides is 1. The molecule has 1 amide bonds. The smallest absolute Gasteiger partial charge is 0.271 e. The second-order valence-corrected chi connectivity index (χ2v) is 5.68. The van der Waals surface area contributed by atoms with Gasteiger partial charge < -0.3 is 9.47 Å². The van der Waals surface area contributed by atoms with Gasteiger partial charge >= 0.3 is 0 Å². The summed E-state index contributed by atoms with van der Waals surface area (Å²) in [5, 5.41) is 5.11. The highest BCUT2D eigenvalue weighted by atomic mass is 35.5. The monoisotopic (exact) mass is 366 g/mol. The minimum absolute atomic E-state index is 0.381. The molecule has 0 atom stereocenters. The summed E-state index contributed by atoms with van der Waals surface area (Å²) >= 11 is 12.1. The molecule has 2 aromatic carbocycles. The van der Waals surface area contributed by atoms with E-state index in [2.05, 4.69) is 10.5 Å². The number of benzene rings is 2. The van der Waals surface area contributed by atoms with Crippen LogP contribution in [-0.4, -0.2) is 25.8 Å². The molecule has 7 heteroatoms. The first-order valence-electron chi connectivity index (χ1n) is 6.98. The topological polar surface area (TPSA) is 59.9 Å². The molecule has 0 bridgehead atoms. The van der Waals surface area contributed by atoms with Crippen LogP contribution < -0.4 is 14.9 Å². The maximum Gasteiger partial charge on any atom is 0.271 e. The zero-order chi connectivity index (χ0) is 17.7. The van der Waals surface area contributed by atoms with Gasteiger partial charge in [0.2, 0.25) is 0 Å². The van der Waals surface area contributed by atoms with Crippen LogP contribution in [-0.2, 0) is 0 Å². The fraction of sp³-hybridized carbons (Fsp3) is 0.176. The van der Waals surface area contributed by atoms with Crippen LogP contribution in [0.25, 0.3) is 0 Å². The molecule has 2 aromatic rings. The number of hydrogen-bond acceptors (Lipinski definition) is 4. The number of ether oxygens (including phenoxy) is 2. The number of carbonyl (C=O) groups is 1. The Hall–Kier alpha value is -2.24. The number of rotatable bonds is 5. The van der Waals surface area contributed by atoms with E-state index in [9.17, 15) is 4.79 Å². The van der Waals surface area contributed by atoms with Crippen LogP contribution in [0.5, 0.6) is 11.5 Å². The summed E-state index contributed by atoms with van der Waals surface area (Å²) in [7, 11) is 3.03. The summed E-state index contributed by atoms with van der Waals surface area (Å²) in [6.45, 7) is 1.73. The van der Waals surface area contributed by atoms with Gasteiger partial charge in [-0.25, -0.2) is 5.43 Å². The van der Waals surface area contributed by atoms with Crippen molar-refractivity contribution < 1.29 is 14.3 Å². The van der Waals surface area contributed by atoms with Gasteiger partial charge in [0.25, 0.3) is 5.91 Å². The number of nitrogens with zero attached hydrogens (tertiary/aromatic N) is 1. The average molecular weight is 367 g/mol. The summed E-state index contributed by atoms with van der Waals surface area (Å²) < 4.78 is 10.3. The number of hydrazone groups is 1. The highest BCUT2D eigenvalue weighted by molar-refractivity contribution is 6.36. The maximum atomic E-state index is 12.2. The molecule has 0 fully saturated rings. The number of carbonyl (C=O) groups excluding carboxylic acids is 1. The normalized spacial score (nSPS) is 11.1. The molecule has 0 saturated heterocycles. The zero-order valence-electron chi connectivity index (χ0n) is 13.4. The van der Waals surface area contributed by atoms with E-state index in [1.54, 1.807) is 43.3 Å². The predicted molar refractivity (Wildman–Crippen MR) is 95.7 cm³/mol. The van der Waals surface area contributed by atoms with E-state index < -0.39 is 0 Å². The predicted octanol–water partition coefficient (Wildman–Crippen LogP) is 4.16. The SMILES string of the molecule is COc1ccc(C(=O)N/N=C(\C)c2cc(Cl)ccc2Cl)cc1OC. The van der Waals surface area contributed by atoms with Crippen LogP contribution in [0.2, 0.25) is 10.0 Å². The van der Waals surface area contributed by atoms with Crippen LogP contribution >= 0.6 is 23.2 Å². The van der Waals surface area contributed by atoms with Gasteiger partial charge in [0, 0.05) is 21.2 Å². The van der Waals surface area contributed by atoms with Gasteiger partial charge in [-0.3, -0.25) is 4.79 Å². The Labute approximate surface area is 150 Å². The quantitative estimate of drug-likeness (QED) is 0.638. The van der Waals surface area contributed by atoms with Gasteiger partial charge in [-0.1, -0.05) is 23.2 Å². The molecule has 0 spiro atoms. The molecule has 1 N–H and O–H groups in total. The Balaban J connectivity index is 2.19. The molecule has 126 valence electrons. The third kappa shape index (κ3) is 4.19. The van der Waals surface area contributed by atoms with Gasteiger partial charge in [-0.05, 0) is 43.3 Å². The standard InChI is InChI=1S/C17H16Cl2N2O3/c1-10(13-9-12(18)5-6-14(13)19)20-21-17(22)11-4-7-15(23-2)16(8-11)24-3/h4-9H,1-3H3,(H,21,22)/b20-10+. The Kier molecular flexibility index (Phi) is 6.06. The maximum absolute atomic E-state index is 12.2. The van der Waals surface area contributed by atoms with Crippen molar-refractivity contribution in [3.05, 3.63) is 57.6 Å². The second-order valence-electron chi connectivity index (χ2n) is 4.83. The lowest BCUT2D eigenvalue weighted by atomic mass is 10.1. The van der Waals surface area contributed by atoms with E-state index in [1.807, 2.05) is 0 Å². The van der Waals surface area contributed by atoms with Crippen LogP contribution in [0.4, 0.5) is 0 Å². The third-order valence-corrected chi connectivity index (χ3v) is 3.85. The third-order valence-electron chi connectivity index (χ3n) is 3.29. The van der Waals surface area contributed by atoms with Crippen molar-refractivity contribution >= 4 is 34.8 Å². The molecule has 0 aliphatic carbocycles. The Morgan fingerprint density at radius 3 is 2.42 bits per heavy atom. The van der Waals surface area contributed by atoms with Gasteiger partial charge in [0.1, 0.15) is 0 Å². The fourth-order valence-electron chi connectivity index (χ4n) is 2.01. The van der Waals surface area contributed by atoms with E-state index in [-0.39, 0.29) is 5.91 Å². The van der Waals surface area contributed by atoms with E-state index in [4.69, 9.17) is 32.7 Å². The molecule has 0 heterocycles. The summed E-state index contributed by atoms with van der Waals surface area (Å²) in [5.41, 5.74) is 4.06. The van der Waals surface area contributed by atoms with E-state index >= 15 is 0 Å². The van der Waals surface area contributed by atoms with Crippen molar-refractivity contribution in [2.24, 2.45) is 5.10 Å². The molecule has 0 aromatic heterocycles. The molecule has 0 unspecified atom stereocenters. The first kappa shape index (κ1) is 18.1. The largest absolute Gasteiger partial charge is 0.493 e. The van der Waals surface area contributed by atoms with Crippen LogP contribution in [0.15, 0.2) is 41.5 Å². The molecular formula is C17H16Cl2N2O3. The number of hydrogen-bond donors (Lipinski definition) is 1. The van der Waals surface area contributed by atoms with E-state index in [0.29, 0.717) is 38.4 Å². The van der Waals surface area contributed by atoms with Crippen molar-refractivity contribution in [1.29, 1.82) is 0 Å². The van der Waals surface area contributed by atoms with Crippen molar-refractivity contribution in [2.45, 2.75) is 6.92 Å². The molecule has 5 nitrogen and oxygen atoms in total. The number of methoxy groups -OCH3 is 2. The fourth-order valence-corrected chi connectivity index (χ4v) is 2.44. The second kappa shape index (κ2) is 8.04. The lowest BCUT2D eigenvalue weighted by Gasteiger charge is -2.09. The average Bonchev–Trinajstić information content (AvgIpc) is 2.60. The van der Waals surface area contributed by atoms with E-state index in [0.717, 1.165) is 0 Å². The van der Waals surface area contributed by atoms with Crippen molar-refractivity contribution in [1.82, 2.24) is 5.43 Å². The minimum Gasteiger partial charge on any atom is -0.493 e. The molecular weight excluding hydrogens is 351 g/mol. The first-order chi connectivity index (χ1) is 11.5. The molecule has 2 rings (SSSR count). The van der Waals surface area contributed by atoms with Gasteiger partial charge in [-0.2, -0.15) is 5.10 Å². The van der Waals surface area contributed by atoms with Gasteiger partial charge in [-0.15, -0.1) is 0 Å². The van der Waals surface area contributed by atoms with Crippen LogP contribution in [0, 0.1) is 0 Å². The lowest BCUT2D eigenvalue weighted by molar-refractivity contribution is 0.0954. The zero-order valence-corrected chi connectivity index (χ0v) is 14.9. The van der Waals surface area contributed by atoms with Gasteiger partial charge in [0.05, 0.1) is 19.9 Å². The first-order valence-corrected chi connectivity index (χ1v) is 7.74. The summed E-state index contributed by atoms with van der Waals surface area (Å²) in [6.07, 6.45) is 0. The molecule has 0 aliphatic heterocycles. The van der Waals surface area contributed by atoms with Crippen LogP contribution in [0.1, 0.15) is 22.8 Å². The Morgan fingerprint density at radius 2 is 1.75 bits per heavy atom. The molecule has 0 aliphatic rings. The van der Waals surface area contributed by atoms with Crippen molar-refractivity contribution in [2.75, 3.05) is 14.2 Å². The summed E-state index contributed by atoms with van der Waals surface area (Å²) in [6, 6.07) is 9.89. The molecule has 0 saturated carbocycles. The van der Waals surface area contributed by atoms with Crippen molar-refractivity contribution in [3.63, 3.8) is 0 Å². The Morgan fingerprint density at radius 1 is 1.04 bits per heavy atom. The number of nitrogens with one attached hydrogen (secondary N) is 1. The van der Waals surface area contributed by atoms with Gasteiger partial charge in [0.15, 0.2) is 11.5 Å². The van der Waals surface area contributed by atoms with Crippen LogP contribution in [0.3, 0.4) is 0 Å². The number of halogens is 2. The summed E-state index contributed by atoms with van der Waals surface area (Å²) in [4.78, 5) is 12.2. The molecule has 24 heavy (non-hydrogen) atoms.